The van der Waals surface area contributed by atoms with Crippen molar-refractivity contribution in [1.82, 2.24) is 4.72 Å². The number of hydrogen-bond acceptors (Lipinski definition) is 4. The van der Waals surface area contributed by atoms with Gasteiger partial charge in [-0.1, -0.05) is 43.6 Å². The van der Waals surface area contributed by atoms with E-state index >= 15 is 0 Å². The highest BCUT2D eigenvalue weighted by Crippen LogP contribution is 2.27. The summed E-state index contributed by atoms with van der Waals surface area (Å²) in [5.74, 6) is 1.52. The minimum Gasteiger partial charge on any atom is -0.495 e. The van der Waals surface area contributed by atoms with Crippen molar-refractivity contribution in [2.24, 2.45) is 0 Å². The van der Waals surface area contributed by atoms with Gasteiger partial charge in [0.05, 0.1) is 17.0 Å². The molecule has 7 heteroatoms. The van der Waals surface area contributed by atoms with E-state index in [4.69, 9.17) is 21.1 Å². The Morgan fingerprint density at radius 1 is 1.12 bits per heavy atom. The fourth-order valence-electron chi connectivity index (χ4n) is 2.32. The number of ether oxygens (including phenoxy) is 2. The smallest absolute Gasteiger partial charge is 0.240 e. The number of benzene rings is 2. The molecular weight excluding hydrogens is 362 g/mol. The Hall–Kier alpha value is -1.76. The van der Waals surface area contributed by atoms with Crippen molar-refractivity contribution in [2.75, 3.05) is 20.3 Å². The lowest BCUT2D eigenvalue weighted by Crippen LogP contribution is -2.28. The standard InChI is InChI=1S/C18H22ClNO4S/c1-13(2)15-6-4-5-7-17(15)24-11-10-20-25(21,22)14-8-9-18(23-3)16(19)12-14/h4-9,12-13,20H,10-11H2,1-3H3. The van der Waals surface area contributed by atoms with Gasteiger partial charge in [-0.25, -0.2) is 13.1 Å². The Morgan fingerprint density at radius 2 is 1.84 bits per heavy atom. The number of sulfonamides is 1. The molecule has 0 spiro atoms. The van der Waals surface area contributed by atoms with Gasteiger partial charge in [-0.15, -0.1) is 0 Å². The molecule has 0 bridgehead atoms. The van der Waals surface area contributed by atoms with Crippen LogP contribution in [0.3, 0.4) is 0 Å². The molecule has 0 heterocycles. The van der Waals surface area contributed by atoms with Crippen LogP contribution in [0.1, 0.15) is 25.3 Å². The third-order valence-electron chi connectivity index (χ3n) is 3.63. The normalized spacial score (nSPS) is 11.6. The van der Waals surface area contributed by atoms with Crippen LogP contribution in [0, 0.1) is 0 Å². The van der Waals surface area contributed by atoms with Crippen LogP contribution in [-0.4, -0.2) is 28.7 Å². The van der Waals surface area contributed by atoms with E-state index in [1.165, 1.54) is 25.3 Å². The maximum absolute atomic E-state index is 12.3. The molecule has 0 aliphatic heterocycles. The van der Waals surface area contributed by atoms with Gasteiger partial charge in [0.15, 0.2) is 0 Å². The van der Waals surface area contributed by atoms with Gasteiger partial charge in [-0.3, -0.25) is 0 Å². The molecule has 1 N–H and O–H groups in total. The summed E-state index contributed by atoms with van der Waals surface area (Å²) in [5.41, 5.74) is 1.09. The number of methoxy groups -OCH3 is 1. The molecule has 2 aromatic rings. The molecule has 0 aromatic heterocycles. The molecule has 0 saturated carbocycles. The second-order valence-corrected chi connectivity index (χ2v) is 7.91. The lowest BCUT2D eigenvalue weighted by atomic mass is 10.0. The largest absolute Gasteiger partial charge is 0.495 e. The van der Waals surface area contributed by atoms with Crippen LogP contribution in [0.15, 0.2) is 47.4 Å². The molecule has 2 aromatic carbocycles. The molecule has 0 atom stereocenters. The molecule has 5 nitrogen and oxygen atoms in total. The lowest BCUT2D eigenvalue weighted by molar-refractivity contribution is 0.318. The highest BCUT2D eigenvalue weighted by molar-refractivity contribution is 7.89. The third kappa shape index (κ3) is 5.11. The maximum Gasteiger partial charge on any atom is 0.240 e. The number of para-hydroxylation sites is 1. The first-order valence-electron chi connectivity index (χ1n) is 7.90. The molecule has 0 amide bonds. The van der Waals surface area contributed by atoms with Crippen molar-refractivity contribution in [3.05, 3.63) is 53.1 Å². The van der Waals surface area contributed by atoms with E-state index in [0.717, 1.165) is 11.3 Å². The minimum atomic E-state index is -3.66. The van der Waals surface area contributed by atoms with Crippen LogP contribution in [0.4, 0.5) is 0 Å². The molecule has 0 aliphatic rings. The minimum absolute atomic E-state index is 0.0841. The van der Waals surface area contributed by atoms with Gasteiger partial charge in [-0.05, 0) is 35.7 Å². The predicted octanol–water partition coefficient (Wildman–Crippen LogP) is 3.83. The van der Waals surface area contributed by atoms with E-state index in [2.05, 4.69) is 18.6 Å². The van der Waals surface area contributed by atoms with Crippen molar-refractivity contribution in [3.63, 3.8) is 0 Å². The first-order valence-corrected chi connectivity index (χ1v) is 9.76. The zero-order valence-corrected chi connectivity index (χ0v) is 16.0. The summed E-state index contributed by atoms with van der Waals surface area (Å²) in [4.78, 5) is 0.0841. The van der Waals surface area contributed by atoms with E-state index < -0.39 is 10.0 Å². The zero-order valence-electron chi connectivity index (χ0n) is 14.5. The summed E-state index contributed by atoms with van der Waals surface area (Å²) in [6.45, 7) is 4.54. The second kappa shape index (κ2) is 8.56. The molecule has 136 valence electrons. The van der Waals surface area contributed by atoms with Crippen LogP contribution < -0.4 is 14.2 Å². The van der Waals surface area contributed by atoms with E-state index in [1.807, 2.05) is 24.3 Å². The Balaban J connectivity index is 1.96. The van der Waals surface area contributed by atoms with Gasteiger partial charge in [0, 0.05) is 6.54 Å². The SMILES string of the molecule is COc1ccc(S(=O)(=O)NCCOc2ccccc2C(C)C)cc1Cl. The van der Waals surface area contributed by atoms with Gasteiger partial charge >= 0.3 is 0 Å². The van der Waals surface area contributed by atoms with E-state index in [1.54, 1.807) is 0 Å². The predicted molar refractivity (Wildman–Crippen MR) is 99.2 cm³/mol. The fourth-order valence-corrected chi connectivity index (χ4v) is 3.68. The summed E-state index contributed by atoms with van der Waals surface area (Å²) in [6, 6.07) is 12.1. The van der Waals surface area contributed by atoms with Crippen LogP contribution in [0.25, 0.3) is 0 Å². The average molecular weight is 384 g/mol. The van der Waals surface area contributed by atoms with Gasteiger partial charge < -0.3 is 9.47 Å². The topological polar surface area (TPSA) is 64.6 Å². The number of rotatable bonds is 8. The molecule has 0 aliphatic carbocycles. The summed E-state index contributed by atoms with van der Waals surface area (Å²) < 4.78 is 37.9. The van der Waals surface area contributed by atoms with Crippen molar-refractivity contribution >= 4 is 21.6 Å². The summed E-state index contributed by atoms with van der Waals surface area (Å²) in [6.07, 6.45) is 0. The average Bonchev–Trinajstić information content (AvgIpc) is 2.59. The van der Waals surface area contributed by atoms with Gasteiger partial charge in [0.1, 0.15) is 18.1 Å². The highest BCUT2D eigenvalue weighted by Gasteiger charge is 2.16. The van der Waals surface area contributed by atoms with Gasteiger partial charge in [-0.2, -0.15) is 0 Å². The van der Waals surface area contributed by atoms with Crippen molar-refractivity contribution in [3.8, 4) is 11.5 Å². The fraction of sp³-hybridized carbons (Fsp3) is 0.333. The van der Waals surface area contributed by atoms with Gasteiger partial charge in [0.25, 0.3) is 0 Å². The zero-order chi connectivity index (χ0) is 18.4. The summed E-state index contributed by atoms with van der Waals surface area (Å²) >= 11 is 5.98. The molecule has 0 saturated heterocycles. The van der Waals surface area contributed by atoms with Gasteiger partial charge in [0.2, 0.25) is 10.0 Å². The lowest BCUT2D eigenvalue weighted by Gasteiger charge is -2.14. The number of nitrogens with one attached hydrogen (secondary N) is 1. The van der Waals surface area contributed by atoms with Crippen LogP contribution >= 0.6 is 11.6 Å². The van der Waals surface area contributed by atoms with E-state index in [-0.39, 0.29) is 23.1 Å². The maximum atomic E-state index is 12.3. The second-order valence-electron chi connectivity index (χ2n) is 5.74. The summed E-state index contributed by atoms with van der Waals surface area (Å²) in [7, 11) is -2.19. The quantitative estimate of drug-likeness (QED) is 0.703. The first kappa shape index (κ1) is 19.6. The Morgan fingerprint density at radius 3 is 2.48 bits per heavy atom. The first-order chi connectivity index (χ1) is 11.8. The van der Waals surface area contributed by atoms with Crippen molar-refractivity contribution < 1.29 is 17.9 Å². The molecule has 25 heavy (non-hydrogen) atoms. The number of halogens is 1. The number of hydrogen-bond donors (Lipinski definition) is 1. The van der Waals surface area contributed by atoms with E-state index in [9.17, 15) is 8.42 Å². The molecule has 2 rings (SSSR count). The van der Waals surface area contributed by atoms with Crippen LogP contribution in [0.5, 0.6) is 11.5 Å². The van der Waals surface area contributed by atoms with Crippen molar-refractivity contribution in [2.45, 2.75) is 24.7 Å². The summed E-state index contributed by atoms with van der Waals surface area (Å²) in [5, 5.41) is 0.243. The Labute approximate surface area is 154 Å². The van der Waals surface area contributed by atoms with Crippen molar-refractivity contribution in [1.29, 1.82) is 0 Å². The Bertz CT molecular complexity index is 822. The van der Waals surface area contributed by atoms with Crippen LogP contribution in [-0.2, 0) is 10.0 Å². The van der Waals surface area contributed by atoms with Crippen LogP contribution in [0.2, 0.25) is 5.02 Å². The molecule has 0 fully saturated rings. The molecule has 0 unspecified atom stereocenters. The molecular formula is C18H22ClNO4S. The van der Waals surface area contributed by atoms with E-state index in [0.29, 0.717) is 11.7 Å². The monoisotopic (exact) mass is 383 g/mol. The highest BCUT2D eigenvalue weighted by atomic mass is 35.5. The molecule has 0 radical (unpaired) electrons. The third-order valence-corrected chi connectivity index (χ3v) is 5.38. The Kier molecular flexibility index (Phi) is 6.70.